The lowest BCUT2D eigenvalue weighted by Gasteiger charge is -2.39. The van der Waals surface area contributed by atoms with Crippen molar-refractivity contribution in [2.75, 3.05) is 32.0 Å². The van der Waals surface area contributed by atoms with Gasteiger partial charge >= 0.3 is 0 Å². The molecule has 0 aliphatic carbocycles. The van der Waals surface area contributed by atoms with Crippen LogP contribution in [-0.4, -0.2) is 52.5 Å². The van der Waals surface area contributed by atoms with Crippen LogP contribution in [-0.2, 0) is 14.8 Å². The largest absolute Gasteiger partial charge is 0.377 e. The van der Waals surface area contributed by atoms with E-state index in [0.29, 0.717) is 25.0 Å². The molecule has 0 spiro atoms. The van der Waals surface area contributed by atoms with Crippen molar-refractivity contribution in [2.24, 2.45) is 21.5 Å². The Bertz CT molecular complexity index is 491. The maximum absolute atomic E-state index is 11.0. The number of rotatable bonds is 6. The van der Waals surface area contributed by atoms with Crippen LogP contribution >= 0.6 is 24.0 Å². The van der Waals surface area contributed by atoms with Crippen molar-refractivity contribution in [3.8, 4) is 0 Å². The van der Waals surface area contributed by atoms with Gasteiger partial charge in [0.2, 0.25) is 10.0 Å². The van der Waals surface area contributed by atoms with Crippen molar-refractivity contribution in [2.45, 2.75) is 46.6 Å². The van der Waals surface area contributed by atoms with E-state index in [1.54, 1.807) is 0 Å². The minimum Gasteiger partial charge on any atom is -0.377 e. The van der Waals surface area contributed by atoms with Crippen LogP contribution in [0.3, 0.4) is 0 Å². The Labute approximate surface area is 163 Å². The summed E-state index contributed by atoms with van der Waals surface area (Å²) < 4.78 is 27.9. The van der Waals surface area contributed by atoms with Crippen LogP contribution in [0.25, 0.3) is 0 Å². The number of primary sulfonamides is 1. The molecule has 0 bridgehead atoms. The zero-order valence-electron chi connectivity index (χ0n) is 15.2. The molecule has 2 unspecified atom stereocenters. The van der Waals surface area contributed by atoms with Gasteiger partial charge in [0.25, 0.3) is 0 Å². The van der Waals surface area contributed by atoms with E-state index in [0.717, 1.165) is 19.4 Å². The van der Waals surface area contributed by atoms with E-state index < -0.39 is 10.0 Å². The summed E-state index contributed by atoms with van der Waals surface area (Å²) in [6.45, 7) is 11.0. The molecule has 1 aliphatic heterocycles. The number of nitrogens with two attached hydrogens (primary N) is 1. The molecule has 0 saturated carbocycles. The lowest BCUT2D eigenvalue weighted by atomic mass is 9.78. The molecular formula is C15H33IN4O3S. The van der Waals surface area contributed by atoms with Crippen LogP contribution < -0.4 is 15.8 Å². The Balaban J connectivity index is 0.00000529. The first-order valence-corrected chi connectivity index (χ1v) is 9.99. The van der Waals surface area contributed by atoms with Gasteiger partial charge in [0.1, 0.15) is 0 Å². The molecule has 144 valence electrons. The first-order valence-electron chi connectivity index (χ1n) is 8.27. The third-order valence-corrected chi connectivity index (χ3v) is 4.58. The molecule has 1 aliphatic rings. The molecule has 0 aromatic rings. The summed E-state index contributed by atoms with van der Waals surface area (Å²) in [5, 5.41) is 11.1. The SMILES string of the molecule is CCNC(=NCC1CCCOC1C(C)(C)C)NCCS(N)(=O)=O.I. The summed E-state index contributed by atoms with van der Waals surface area (Å²) in [7, 11) is -3.46. The minimum atomic E-state index is -3.46. The van der Waals surface area contributed by atoms with Crippen LogP contribution in [0.2, 0.25) is 0 Å². The molecule has 9 heteroatoms. The molecule has 0 aromatic heterocycles. The van der Waals surface area contributed by atoms with Crippen molar-refractivity contribution in [3.05, 3.63) is 0 Å². The number of halogens is 1. The van der Waals surface area contributed by atoms with Gasteiger partial charge < -0.3 is 15.4 Å². The van der Waals surface area contributed by atoms with E-state index in [1.807, 2.05) is 6.92 Å². The van der Waals surface area contributed by atoms with Crippen LogP contribution in [0.4, 0.5) is 0 Å². The molecule has 0 amide bonds. The third-order valence-electron chi connectivity index (χ3n) is 3.81. The zero-order valence-corrected chi connectivity index (χ0v) is 18.3. The van der Waals surface area contributed by atoms with Crippen molar-refractivity contribution in [3.63, 3.8) is 0 Å². The normalized spacial score (nSPS) is 22.6. The molecule has 1 fully saturated rings. The van der Waals surface area contributed by atoms with Crippen LogP contribution in [0.5, 0.6) is 0 Å². The number of aliphatic imine (C=N–C) groups is 1. The fourth-order valence-electron chi connectivity index (χ4n) is 2.85. The molecule has 4 N–H and O–H groups in total. The predicted octanol–water partition coefficient (Wildman–Crippen LogP) is 1.29. The maximum atomic E-state index is 11.0. The van der Waals surface area contributed by atoms with E-state index in [-0.39, 0.29) is 47.8 Å². The fraction of sp³-hybridized carbons (Fsp3) is 0.933. The first kappa shape index (κ1) is 23.9. The second-order valence-electron chi connectivity index (χ2n) is 7.07. The van der Waals surface area contributed by atoms with Crippen LogP contribution in [0.15, 0.2) is 4.99 Å². The Morgan fingerprint density at radius 3 is 2.54 bits per heavy atom. The second kappa shape index (κ2) is 10.8. The van der Waals surface area contributed by atoms with Gasteiger partial charge in [-0.3, -0.25) is 4.99 Å². The van der Waals surface area contributed by atoms with Crippen molar-refractivity contribution in [1.82, 2.24) is 10.6 Å². The number of nitrogens with one attached hydrogen (secondary N) is 2. The van der Waals surface area contributed by atoms with Gasteiger partial charge in [0, 0.05) is 32.2 Å². The maximum Gasteiger partial charge on any atom is 0.210 e. The molecule has 0 radical (unpaired) electrons. The van der Waals surface area contributed by atoms with Crippen LogP contribution in [0, 0.1) is 11.3 Å². The number of nitrogens with zero attached hydrogens (tertiary/aromatic N) is 1. The van der Waals surface area contributed by atoms with E-state index in [4.69, 9.17) is 9.88 Å². The summed E-state index contributed by atoms with van der Waals surface area (Å²) in [6, 6.07) is 0. The number of hydrogen-bond acceptors (Lipinski definition) is 4. The van der Waals surface area contributed by atoms with Crippen molar-refractivity contribution < 1.29 is 13.2 Å². The molecule has 24 heavy (non-hydrogen) atoms. The van der Waals surface area contributed by atoms with E-state index >= 15 is 0 Å². The average molecular weight is 476 g/mol. The number of ether oxygens (including phenoxy) is 1. The smallest absolute Gasteiger partial charge is 0.210 e. The molecule has 7 nitrogen and oxygen atoms in total. The fourth-order valence-corrected chi connectivity index (χ4v) is 3.24. The van der Waals surface area contributed by atoms with Gasteiger partial charge in [-0.1, -0.05) is 20.8 Å². The topological polar surface area (TPSA) is 106 Å². The number of guanidine groups is 1. The van der Waals surface area contributed by atoms with Crippen LogP contribution in [0.1, 0.15) is 40.5 Å². The highest BCUT2D eigenvalue weighted by Gasteiger charge is 2.35. The lowest BCUT2D eigenvalue weighted by Crippen LogP contribution is -2.43. The van der Waals surface area contributed by atoms with Crippen molar-refractivity contribution >= 4 is 40.0 Å². The first-order chi connectivity index (χ1) is 10.6. The highest BCUT2D eigenvalue weighted by Crippen LogP contribution is 2.34. The Kier molecular flexibility index (Phi) is 10.7. The Hall–Kier alpha value is -0.130. The second-order valence-corrected chi connectivity index (χ2v) is 8.81. The molecule has 2 atom stereocenters. The Morgan fingerprint density at radius 1 is 1.33 bits per heavy atom. The molecular weight excluding hydrogens is 443 g/mol. The quantitative estimate of drug-likeness (QED) is 0.305. The number of hydrogen-bond donors (Lipinski definition) is 3. The monoisotopic (exact) mass is 476 g/mol. The predicted molar refractivity (Wildman–Crippen MR) is 109 cm³/mol. The lowest BCUT2D eigenvalue weighted by molar-refractivity contribution is -0.0823. The summed E-state index contributed by atoms with van der Waals surface area (Å²) >= 11 is 0. The molecule has 1 heterocycles. The minimum absolute atomic E-state index is 0. The molecule has 1 saturated heterocycles. The zero-order chi connectivity index (χ0) is 17.5. The van der Waals surface area contributed by atoms with Gasteiger partial charge in [-0.25, -0.2) is 13.6 Å². The van der Waals surface area contributed by atoms with E-state index in [9.17, 15) is 8.42 Å². The third kappa shape index (κ3) is 9.38. The highest BCUT2D eigenvalue weighted by atomic mass is 127. The summed E-state index contributed by atoms with van der Waals surface area (Å²) in [6.07, 6.45) is 2.34. The van der Waals surface area contributed by atoms with Gasteiger partial charge in [0.05, 0.1) is 11.9 Å². The van der Waals surface area contributed by atoms with E-state index in [2.05, 4.69) is 36.4 Å². The van der Waals surface area contributed by atoms with E-state index in [1.165, 1.54) is 0 Å². The van der Waals surface area contributed by atoms with Gasteiger partial charge in [0.15, 0.2) is 5.96 Å². The van der Waals surface area contributed by atoms with Gasteiger partial charge in [-0.05, 0) is 25.2 Å². The summed E-state index contributed by atoms with van der Waals surface area (Å²) in [4.78, 5) is 4.60. The standard InChI is InChI=1S/C15H32N4O3S.HI/c1-5-17-14(18-8-10-23(16,20)21)19-11-12-7-6-9-22-13(12)15(2,3)4;/h12-13H,5-11H2,1-4H3,(H2,16,20,21)(H2,17,18,19);1H. The van der Waals surface area contributed by atoms with Gasteiger partial charge in [-0.15, -0.1) is 24.0 Å². The molecule has 0 aromatic carbocycles. The van der Waals surface area contributed by atoms with Crippen molar-refractivity contribution in [1.29, 1.82) is 0 Å². The van der Waals surface area contributed by atoms with Gasteiger partial charge in [-0.2, -0.15) is 0 Å². The Morgan fingerprint density at radius 2 is 2.00 bits per heavy atom. The molecule has 1 rings (SSSR count). The highest BCUT2D eigenvalue weighted by molar-refractivity contribution is 14.0. The summed E-state index contributed by atoms with van der Waals surface area (Å²) in [5.74, 6) is 0.876. The number of sulfonamides is 1. The summed E-state index contributed by atoms with van der Waals surface area (Å²) in [5.41, 5.74) is 0.0833. The average Bonchev–Trinajstić information content (AvgIpc) is 2.43.